The summed E-state index contributed by atoms with van der Waals surface area (Å²) in [6, 6.07) is 7.21. The lowest BCUT2D eigenvalue weighted by molar-refractivity contribution is -0.121. The molecule has 2 heterocycles. The Hall–Kier alpha value is -2.74. The summed E-state index contributed by atoms with van der Waals surface area (Å²) in [7, 11) is 0. The molecule has 3 rings (SSSR count). The molecule has 1 aromatic carbocycles. The van der Waals surface area contributed by atoms with Gasteiger partial charge in [-0.2, -0.15) is 5.10 Å². The summed E-state index contributed by atoms with van der Waals surface area (Å²) >= 11 is 5.25. The van der Waals surface area contributed by atoms with Gasteiger partial charge in [-0.05, 0) is 49.7 Å². The highest BCUT2D eigenvalue weighted by Crippen LogP contribution is 2.07. The van der Waals surface area contributed by atoms with Crippen molar-refractivity contribution in [3.05, 3.63) is 56.8 Å². The van der Waals surface area contributed by atoms with E-state index in [4.69, 9.17) is 12.2 Å². The Balaban J connectivity index is 1.53. The fourth-order valence-corrected chi connectivity index (χ4v) is 3.12. The van der Waals surface area contributed by atoms with Gasteiger partial charge in [0, 0.05) is 25.2 Å². The minimum atomic E-state index is -0.174. The van der Waals surface area contributed by atoms with Crippen molar-refractivity contribution in [1.82, 2.24) is 25.1 Å². The predicted octanol–water partition coefficient (Wildman–Crippen LogP) is 2.23. The smallest absolute Gasteiger partial charge is 0.262 e. The lowest BCUT2D eigenvalue weighted by Crippen LogP contribution is -2.29. The summed E-state index contributed by atoms with van der Waals surface area (Å²) < 4.78 is 1.77. The Bertz CT molecular complexity index is 1030. The van der Waals surface area contributed by atoms with Crippen LogP contribution in [-0.4, -0.2) is 32.2 Å². The van der Waals surface area contributed by atoms with Crippen molar-refractivity contribution in [3.63, 3.8) is 0 Å². The number of rotatable bonds is 7. The molecular formula is C18H21N5O2S. The van der Waals surface area contributed by atoms with Gasteiger partial charge in [-0.25, -0.2) is 0 Å². The van der Waals surface area contributed by atoms with E-state index < -0.39 is 0 Å². The molecule has 0 saturated carbocycles. The Kier molecular flexibility index (Phi) is 5.62. The fourth-order valence-electron chi connectivity index (χ4n) is 2.84. The second-order valence-electron chi connectivity index (χ2n) is 6.16. The molecule has 7 nitrogen and oxygen atoms in total. The number of para-hydroxylation sites is 1. The third kappa shape index (κ3) is 4.08. The van der Waals surface area contributed by atoms with Gasteiger partial charge >= 0.3 is 0 Å². The first kappa shape index (κ1) is 18.1. The number of hydrogen-bond acceptors (Lipinski definition) is 4. The summed E-state index contributed by atoms with van der Waals surface area (Å²) in [6.45, 7) is 2.82. The second kappa shape index (κ2) is 8.09. The molecule has 0 aliphatic heterocycles. The van der Waals surface area contributed by atoms with Gasteiger partial charge < -0.3 is 10.3 Å². The van der Waals surface area contributed by atoms with E-state index in [0.717, 1.165) is 24.1 Å². The van der Waals surface area contributed by atoms with E-state index in [-0.39, 0.29) is 24.4 Å². The van der Waals surface area contributed by atoms with E-state index in [1.165, 1.54) is 4.57 Å². The standard InChI is InChI=1S/C18H21N5O2S/c1-12-13(11-20-22-12)5-4-9-19-16(24)8-10-23-17(25)14-6-2-3-7-15(14)21-18(23)26/h2-3,6-7,11H,4-5,8-10H2,1H3,(H,19,24)(H,20,22)(H,21,26). The molecule has 8 heteroatoms. The molecule has 0 saturated heterocycles. The quantitative estimate of drug-likeness (QED) is 0.438. The van der Waals surface area contributed by atoms with Crippen LogP contribution in [-0.2, 0) is 17.8 Å². The molecule has 2 aromatic heterocycles. The van der Waals surface area contributed by atoms with Crippen LogP contribution in [0.3, 0.4) is 0 Å². The van der Waals surface area contributed by atoms with Crippen LogP contribution in [0.5, 0.6) is 0 Å². The lowest BCUT2D eigenvalue weighted by atomic mass is 10.1. The number of aromatic nitrogens is 4. The largest absolute Gasteiger partial charge is 0.356 e. The first-order chi connectivity index (χ1) is 12.6. The topological polar surface area (TPSA) is 95.6 Å². The van der Waals surface area contributed by atoms with Crippen LogP contribution >= 0.6 is 12.2 Å². The summed E-state index contributed by atoms with van der Waals surface area (Å²) in [4.78, 5) is 27.6. The van der Waals surface area contributed by atoms with E-state index in [1.54, 1.807) is 12.1 Å². The molecule has 0 spiro atoms. The monoisotopic (exact) mass is 371 g/mol. The average molecular weight is 371 g/mol. The van der Waals surface area contributed by atoms with Crippen LogP contribution in [0.25, 0.3) is 10.9 Å². The van der Waals surface area contributed by atoms with Crippen LogP contribution in [0.2, 0.25) is 0 Å². The zero-order valence-corrected chi connectivity index (χ0v) is 15.4. The second-order valence-corrected chi connectivity index (χ2v) is 6.54. The van der Waals surface area contributed by atoms with E-state index in [2.05, 4.69) is 20.5 Å². The molecule has 0 fully saturated rings. The maximum atomic E-state index is 12.5. The van der Waals surface area contributed by atoms with Gasteiger partial charge in [0.25, 0.3) is 5.56 Å². The lowest BCUT2D eigenvalue weighted by Gasteiger charge is -2.09. The van der Waals surface area contributed by atoms with Gasteiger partial charge in [0.05, 0.1) is 17.1 Å². The van der Waals surface area contributed by atoms with E-state index in [0.29, 0.717) is 22.2 Å². The van der Waals surface area contributed by atoms with Gasteiger partial charge in [-0.15, -0.1) is 0 Å². The Morgan fingerprint density at radius 3 is 2.92 bits per heavy atom. The number of fused-ring (bicyclic) bond motifs is 1. The summed E-state index contributed by atoms with van der Waals surface area (Å²) in [6.07, 6.45) is 3.71. The number of aromatic amines is 2. The van der Waals surface area contributed by atoms with Crippen LogP contribution in [0.1, 0.15) is 24.1 Å². The third-order valence-corrected chi connectivity index (χ3v) is 4.65. The molecule has 0 aliphatic rings. The number of aryl methyl sites for hydroxylation is 2. The maximum absolute atomic E-state index is 12.5. The minimum Gasteiger partial charge on any atom is -0.356 e. The molecule has 3 N–H and O–H groups in total. The average Bonchev–Trinajstić information content (AvgIpc) is 3.03. The Morgan fingerprint density at radius 2 is 2.15 bits per heavy atom. The van der Waals surface area contributed by atoms with Crippen LogP contribution in [0, 0.1) is 11.7 Å². The number of hydrogen-bond donors (Lipinski definition) is 3. The van der Waals surface area contributed by atoms with Crippen molar-refractivity contribution >= 4 is 29.0 Å². The van der Waals surface area contributed by atoms with Gasteiger partial charge in [-0.3, -0.25) is 19.3 Å². The summed E-state index contributed by atoms with van der Waals surface area (Å²) in [5.74, 6) is -0.0941. The number of nitrogens with zero attached hydrogens (tertiary/aromatic N) is 2. The van der Waals surface area contributed by atoms with Crippen molar-refractivity contribution in [2.75, 3.05) is 6.54 Å². The minimum absolute atomic E-state index is 0.0941. The van der Waals surface area contributed by atoms with Crippen molar-refractivity contribution < 1.29 is 4.79 Å². The summed E-state index contributed by atoms with van der Waals surface area (Å²) in [5.41, 5.74) is 2.75. The first-order valence-electron chi connectivity index (χ1n) is 8.53. The van der Waals surface area contributed by atoms with Crippen LogP contribution in [0.15, 0.2) is 35.3 Å². The highest BCUT2D eigenvalue weighted by molar-refractivity contribution is 7.71. The van der Waals surface area contributed by atoms with E-state index in [9.17, 15) is 9.59 Å². The SMILES string of the molecule is Cc1[nH]ncc1CCCNC(=O)CCn1c(=S)[nH]c2ccccc2c1=O. The summed E-state index contributed by atoms with van der Waals surface area (Å²) in [5, 5.41) is 10.3. The van der Waals surface area contributed by atoms with Crippen LogP contribution < -0.4 is 10.9 Å². The van der Waals surface area contributed by atoms with E-state index >= 15 is 0 Å². The van der Waals surface area contributed by atoms with Gasteiger partial charge in [-0.1, -0.05) is 12.1 Å². The Morgan fingerprint density at radius 1 is 1.35 bits per heavy atom. The predicted molar refractivity (Wildman–Crippen MR) is 103 cm³/mol. The molecular weight excluding hydrogens is 350 g/mol. The molecule has 26 heavy (non-hydrogen) atoms. The fraction of sp³-hybridized carbons (Fsp3) is 0.333. The van der Waals surface area contributed by atoms with Crippen molar-refractivity contribution in [2.45, 2.75) is 32.7 Å². The number of nitrogens with one attached hydrogen (secondary N) is 3. The Labute approximate surface area is 155 Å². The van der Waals surface area contributed by atoms with Crippen molar-refractivity contribution in [1.29, 1.82) is 0 Å². The molecule has 136 valence electrons. The maximum Gasteiger partial charge on any atom is 0.262 e. The van der Waals surface area contributed by atoms with Crippen molar-refractivity contribution in [2.24, 2.45) is 0 Å². The molecule has 0 atom stereocenters. The normalized spacial score (nSPS) is 11.0. The molecule has 0 radical (unpaired) electrons. The zero-order valence-electron chi connectivity index (χ0n) is 14.5. The highest BCUT2D eigenvalue weighted by Gasteiger charge is 2.08. The molecule has 0 aliphatic carbocycles. The third-order valence-electron chi connectivity index (χ3n) is 4.33. The zero-order chi connectivity index (χ0) is 18.5. The number of benzene rings is 1. The number of amides is 1. The molecule has 0 unspecified atom stereocenters. The molecule has 3 aromatic rings. The van der Waals surface area contributed by atoms with E-state index in [1.807, 2.05) is 25.3 Å². The number of H-pyrrole nitrogens is 2. The number of carbonyl (C=O) groups is 1. The van der Waals surface area contributed by atoms with Crippen molar-refractivity contribution in [3.8, 4) is 0 Å². The van der Waals surface area contributed by atoms with Gasteiger partial charge in [0.2, 0.25) is 5.91 Å². The first-order valence-corrected chi connectivity index (χ1v) is 8.94. The van der Waals surface area contributed by atoms with Gasteiger partial charge in [0.1, 0.15) is 0 Å². The number of carbonyl (C=O) groups excluding carboxylic acids is 1. The van der Waals surface area contributed by atoms with Gasteiger partial charge in [0.15, 0.2) is 4.77 Å². The van der Waals surface area contributed by atoms with Crippen LogP contribution in [0.4, 0.5) is 0 Å². The molecule has 0 bridgehead atoms. The highest BCUT2D eigenvalue weighted by atomic mass is 32.1. The molecule has 1 amide bonds.